The topological polar surface area (TPSA) is 95.7 Å². The number of nitrogens with zero attached hydrogens (tertiary/aromatic N) is 1. The third-order valence-corrected chi connectivity index (χ3v) is 3.79. The van der Waals surface area contributed by atoms with Crippen molar-refractivity contribution >= 4 is 39.6 Å². The molecule has 1 aromatic heterocycles. The Kier molecular flexibility index (Phi) is 7.40. The van der Waals surface area contributed by atoms with Crippen LogP contribution in [0.5, 0.6) is 0 Å². The lowest BCUT2D eigenvalue weighted by Crippen LogP contribution is -2.39. The van der Waals surface area contributed by atoms with Crippen LogP contribution >= 0.6 is 15.9 Å². The second-order valence-electron chi connectivity index (χ2n) is 5.97. The summed E-state index contributed by atoms with van der Waals surface area (Å²) in [5.41, 5.74) is 3.78. The van der Waals surface area contributed by atoms with Crippen LogP contribution in [0.1, 0.15) is 25.2 Å². The Morgan fingerprint density at radius 2 is 2.08 bits per heavy atom. The van der Waals surface area contributed by atoms with Gasteiger partial charge in [0, 0.05) is 22.3 Å². The van der Waals surface area contributed by atoms with Crippen LogP contribution in [0.4, 0.5) is 5.69 Å². The van der Waals surface area contributed by atoms with Gasteiger partial charge in [0.2, 0.25) is 0 Å². The van der Waals surface area contributed by atoms with Gasteiger partial charge in [-0.1, -0.05) is 29.8 Å². The van der Waals surface area contributed by atoms with Crippen LogP contribution in [0, 0.1) is 5.92 Å². The van der Waals surface area contributed by atoms with Crippen LogP contribution in [0.25, 0.3) is 0 Å². The van der Waals surface area contributed by atoms with Crippen LogP contribution in [-0.4, -0.2) is 24.6 Å². The second kappa shape index (κ2) is 9.76. The molecule has 8 heteroatoms. The summed E-state index contributed by atoms with van der Waals surface area (Å²) in [6, 6.07) is 9.31. The number of carbonyl (C=O) groups is 2. The molecule has 0 fully saturated rings. The van der Waals surface area contributed by atoms with Gasteiger partial charge in [0.05, 0.1) is 19.0 Å². The standard InChI is InChI=1S/C18H21BrN4O3/c1-12(2)9-21-17(24)18(25)23-22-10-13-8-14(19)5-6-16(13)20-11-15-4-3-7-26-15/h3-8,10,12,20H,9,11H2,1-2H3,(H,21,24)(H,23,25)/b22-10-. The molecule has 7 nitrogen and oxygen atoms in total. The first-order valence-electron chi connectivity index (χ1n) is 8.12. The van der Waals surface area contributed by atoms with Gasteiger partial charge >= 0.3 is 11.8 Å². The van der Waals surface area contributed by atoms with Crippen LogP contribution < -0.4 is 16.1 Å². The molecule has 0 atom stereocenters. The molecule has 3 N–H and O–H groups in total. The zero-order valence-corrected chi connectivity index (χ0v) is 16.2. The SMILES string of the molecule is CC(C)CNC(=O)C(=O)N/N=C\c1cc(Br)ccc1NCc1ccco1. The number of anilines is 1. The largest absolute Gasteiger partial charge is 0.467 e. The van der Waals surface area contributed by atoms with Gasteiger partial charge in [0.1, 0.15) is 5.76 Å². The van der Waals surface area contributed by atoms with Crippen molar-refractivity contribution in [2.75, 3.05) is 11.9 Å². The molecule has 0 spiro atoms. The van der Waals surface area contributed by atoms with Crippen molar-refractivity contribution in [2.45, 2.75) is 20.4 Å². The summed E-state index contributed by atoms with van der Waals surface area (Å²) in [5.74, 6) is -0.450. The van der Waals surface area contributed by atoms with E-state index >= 15 is 0 Å². The average molecular weight is 421 g/mol. The Morgan fingerprint density at radius 3 is 2.77 bits per heavy atom. The molecule has 0 aliphatic rings. The molecule has 0 radical (unpaired) electrons. The lowest BCUT2D eigenvalue weighted by Gasteiger charge is -2.09. The minimum Gasteiger partial charge on any atom is -0.467 e. The fourth-order valence-corrected chi connectivity index (χ4v) is 2.36. The highest BCUT2D eigenvalue weighted by Gasteiger charge is 2.12. The zero-order chi connectivity index (χ0) is 18.9. The Morgan fingerprint density at radius 1 is 1.27 bits per heavy atom. The van der Waals surface area contributed by atoms with E-state index in [0.717, 1.165) is 21.5 Å². The summed E-state index contributed by atoms with van der Waals surface area (Å²) in [7, 11) is 0. The number of amides is 2. The monoisotopic (exact) mass is 420 g/mol. The molecule has 0 aliphatic carbocycles. The first-order chi connectivity index (χ1) is 12.5. The number of carbonyl (C=O) groups excluding carboxylic acids is 2. The molecular formula is C18H21BrN4O3. The summed E-state index contributed by atoms with van der Waals surface area (Å²) in [4.78, 5) is 23.3. The smallest absolute Gasteiger partial charge is 0.329 e. The molecule has 2 rings (SSSR count). The first-order valence-corrected chi connectivity index (χ1v) is 8.92. The summed E-state index contributed by atoms with van der Waals surface area (Å²) in [5, 5.41) is 9.64. The van der Waals surface area contributed by atoms with E-state index in [1.54, 1.807) is 6.26 Å². The van der Waals surface area contributed by atoms with Crippen LogP contribution in [0.2, 0.25) is 0 Å². The predicted molar refractivity (Wildman–Crippen MR) is 104 cm³/mol. The van der Waals surface area contributed by atoms with Gasteiger partial charge in [-0.05, 0) is 36.2 Å². The van der Waals surface area contributed by atoms with E-state index in [1.807, 2.05) is 44.2 Å². The molecular weight excluding hydrogens is 400 g/mol. The molecule has 0 saturated heterocycles. The minimum atomic E-state index is -0.804. The highest BCUT2D eigenvalue weighted by Crippen LogP contribution is 2.20. The van der Waals surface area contributed by atoms with E-state index in [4.69, 9.17) is 4.42 Å². The Bertz CT molecular complexity index is 773. The average Bonchev–Trinajstić information content (AvgIpc) is 3.12. The molecule has 26 heavy (non-hydrogen) atoms. The normalized spacial score (nSPS) is 10.9. The maximum Gasteiger partial charge on any atom is 0.329 e. The fraction of sp³-hybridized carbons (Fsp3) is 0.278. The van der Waals surface area contributed by atoms with Crippen molar-refractivity contribution in [2.24, 2.45) is 11.0 Å². The van der Waals surface area contributed by atoms with Crippen molar-refractivity contribution in [3.63, 3.8) is 0 Å². The van der Waals surface area contributed by atoms with Gasteiger partial charge in [0.25, 0.3) is 0 Å². The Hall–Kier alpha value is -2.61. The Labute approximate surface area is 160 Å². The molecule has 2 aromatic rings. The minimum absolute atomic E-state index is 0.264. The lowest BCUT2D eigenvalue weighted by molar-refractivity contribution is -0.139. The quantitative estimate of drug-likeness (QED) is 0.364. The third-order valence-electron chi connectivity index (χ3n) is 3.29. The highest BCUT2D eigenvalue weighted by atomic mass is 79.9. The van der Waals surface area contributed by atoms with E-state index in [-0.39, 0.29) is 5.92 Å². The number of rotatable bonds is 7. The second-order valence-corrected chi connectivity index (χ2v) is 6.88. The van der Waals surface area contributed by atoms with E-state index in [2.05, 4.69) is 37.1 Å². The summed E-state index contributed by atoms with van der Waals surface area (Å²) in [6.45, 7) is 4.84. The lowest BCUT2D eigenvalue weighted by atomic mass is 10.2. The highest BCUT2D eigenvalue weighted by molar-refractivity contribution is 9.10. The number of furan rings is 1. The molecule has 0 bridgehead atoms. The Balaban J connectivity index is 1.96. The molecule has 0 saturated carbocycles. The summed E-state index contributed by atoms with van der Waals surface area (Å²) < 4.78 is 6.15. The van der Waals surface area contributed by atoms with Crippen LogP contribution in [0.15, 0.2) is 50.6 Å². The van der Waals surface area contributed by atoms with Crippen molar-refractivity contribution < 1.29 is 14.0 Å². The van der Waals surface area contributed by atoms with Gasteiger partial charge in [-0.15, -0.1) is 0 Å². The molecule has 0 aliphatic heterocycles. The van der Waals surface area contributed by atoms with Crippen molar-refractivity contribution in [3.05, 3.63) is 52.4 Å². The summed E-state index contributed by atoms with van der Waals surface area (Å²) in [6.07, 6.45) is 3.09. The number of benzene rings is 1. The zero-order valence-electron chi connectivity index (χ0n) is 14.6. The molecule has 1 aromatic carbocycles. The molecule has 1 heterocycles. The van der Waals surface area contributed by atoms with Crippen molar-refractivity contribution in [1.82, 2.24) is 10.7 Å². The van der Waals surface area contributed by atoms with E-state index in [9.17, 15) is 9.59 Å². The van der Waals surface area contributed by atoms with Gasteiger partial charge in [-0.3, -0.25) is 9.59 Å². The van der Waals surface area contributed by atoms with E-state index in [0.29, 0.717) is 13.1 Å². The molecule has 2 amide bonds. The van der Waals surface area contributed by atoms with Gasteiger partial charge in [-0.25, -0.2) is 5.43 Å². The maximum absolute atomic E-state index is 11.7. The molecule has 0 unspecified atom stereocenters. The van der Waals surface area contributed by atoms with Gasteiger partial charge in [-0.2, -0.15) is 5.10 Å². The van der Waals surface area contributed by atoms with E-state index < -0.39 is 11.8 Å². The van der Waals surface area contributed by atoms with Crippen LogP contribution in [0.3, 0.4) is 0 Å². The number of hydrazone groups is 1. The van der Waals surface area contributed by atoms with Gasteiger partial charge < -0.3 is 15.1 Å². The first kappa shape index (κ1) is 19.7. The van der Waals surface area contributed by atoms with Crippen molar-refractivity contribution in [1.29, 1.82) is 0 Å². The fourth-order valence-electron chi connectivity index (χ4n) is 1.99. The third kappa shape index (κ3) is 6.36. The number of nitrogens with one attached hydrogen (secondary N) is 3. The van der Waals surface area contributed by atoms with Gasteiger partial charge in [0.15, 0.2) is 0 Å². The van der Waals surface area contributed by atoms with Crippen LogP contribution in [-0.2, 0) is 16.1 Å². The number of halogens is 1. The van der Waals surface area contributed by atoms with Crippen molar-refractivity contribution in [3.8, 4) is 0 Å². The number of hydrogen-bond donors (Lipinski definition) is 3. The number of hydrogen-bond acceptors (Lipinski definition) is 5. The summed E-state index contributed by atoms with van der Waals surface area (Å²) >= 11 is 3.40. The van der Waals surface area contributed by atoms with E-state index in [1.165, 1.54) is 6.21 Å². The maximum atomic E-state index is 11.7. The predicted octanol–water partition coefficient (Wildman–Crippen LogP) is 2.88. The molecule has 138 valence electrons.